The normalized spacial score (nSPS) is 15.8. The van der Waals surface area contributed by atoms with Crippen LogP contribution in [-0.4, -0.2) is 36.1 Å². The topological polar surface area (TPSA) is 67.0 Å². The molecule has 0 atom stereocenters. The molecule has 0 radical (unpaired) electrons. The van der Waals surface area contributed by atoms with Gasteiger partial charge >= 0.3 is 5.97 Å². The van der Waals surface area contributed by atoms with E-state index in [0.29, 0.717) is 11.5 Å². The second-order valence-electron chi connectivity index (χ2n) is 4.20. The summed E-state index contributed by atoms with van der Waals surface area (Å²) in [6.07, 6.45) is 0. The number of methoxy groups -OCH3 is 1. The Morgan fingerprint density at radius 2 is 2.29 bits per heavy atom. The molecule has 2 heterocycles. The van der Waals surface area contributed by atoms with Gasteiger partial charge in [-0.25, -0.2) is 9.78 Å². The second kappa shape index (κ2) is 3.85. The van der Waals surface area contributed by atoms with E-state index in [4.69, 9.17) is 0 Å². The molecule has 1 aliphatic rings. The van der Waals surface area contributed by atoms with Crippen molar-refractivity contribution in [3.05, 3.63) is 29.6 Å². The fourth-order valence-corrected chi connectivity index (χ4v) is 1.95. The Labute approximate surface area is 98.2 Å². The van der Waals surface area contributed by atoms with Gasteiger partial charge in [-0.05, 0) is 18.2 Å². The smallest absolute Gasteiger partial charge is 0.337 e. The van der Waals surface area contributed by atoms with Crippen LogP contribution in [0.2, 0.25) is 0 Å². The Morgan fingerprint density at radius 1 is 1.47 bits per heavy atom. The van der Waals surface area contributed by atoms with E-state index in [1.807, 2.05) is 6.07 Å². The number of aromatic nitrogens is 2. The zero-order chi connectivity index (χ0) is 11.8. The van der Waals surface area contributed by atoms with Gasteiger partial charge in [0.2, 0.25) is 0 Å². The highest BCUT2D eigenvalue weighted by molar-refractivity contribution is 5.93. The van der Waals surface area contributed by atoms with E-state index in [0.717, 1.165) is 29.9 Å². The van der Waals surface area contributed by atoms with Gasteiger partial charge in [-0.2, -0.15) is 0 Å². The maximum absolute atomic E-state index is 11.4. The fourth-order valence-electron chi connectivity index (χ4n) is 1.95. The third-order valence-electron chi connectivity index (χ3n) is 3.09. The molecular formula is C12H13N3O2. The number of fused-ring (bicyclic) bond motifs is 1. The summed E-state index contributed by atoms with van der Waals surface area (Å²) in [5.74, 6) is 1.12. The number of benzene rings is 1. The minimum absolute atomic E-state index is 0.326. The Kier molecular flexibility index (Phi) is 2.33. The SMILES string of the molecule is COC(=O)c1ccc2nc(C3CNC3)[nH]c2c1. The first kappa shape index (κ1) is 10.3. The minimum atomic E-state index is -0.326. The van der Waals surface area contributed by atoms with E-state index in [1.54, 1.807) is 12.1 Å². The van der Waals surface area contributed by atoms with E-state index in [9.17, 15) is 4.79 Å². The van der Waals surface area contributed by atoms with E-state index in [2.05, 4.69) is 20.0 Å². The molecular weight excluding hydrogens is 218 g/mol. The Hall–Kier alpha value is -1.88. The molecule has 1 aromatic heterocycles. The summed E-state index contributed by atoms with van der Waals surface area (Å²) < 4.78 is 4.69. The summed E-state index contributed by atoms with van der Waals surface area (Å²) in [6, 6.07) is 5.36. The molecule has 5 nitrogen and oxygen atoms in total. The maximum Gasteiger partial charge on any atom is 0.337 e. The van der Waals surface area contributed by atoms with Crippen LogP contribution in [0.4, 0.5) is 0 Å². The zero-order valence-electron chi connectivity index (χ0n) is 9.49. The summed E-state index contributed by atoms with van der Waals surface area (Å²) in [5.41, 5.74) is 2.32. The number of hydrogen-bond acceptors (Lipinski definition) is 4. The van der Waals surface area contributed by atoms with Crippen molar-refractivity contribution in [1.82, 2.24) is 15.3 Å². The molecule has 0 amide bonds. The van der Waals surface area contributed by atoms with Crippen LogP contribution >= 0.6 is 0 Å². The molecule has 0 bridgehead atoms. The van der Waals surface area contributed by atoms with Crippen molar-refractivity contribution in [3.8, 4) is 0 Å². The first-order valence-corrected chi connectivity index (χ1v) is 5.56. The lowest BCUT2D eigenvalue weighted by atomic mass is 10.0. The van der Waals surface area contributed by atoms with Crippen molar-refractivity contribution in [2.75, 3.05) is 20.2 Å². The first-order chi connectivity index (χ1) is 8.28. The molecule has 1 aliphatic heterocycles. The summed E-state index contributed by atoms with van der Waals surface area (Å²) >= 11 is 0. The molecule has 1 aromatic carbocycles. The molecule has 88 valence electrons. The number of imidazole rings is 1. The molecule has 0 spiro atoms. The summed E-state index contributed by atoms with van der Waals surface area (Å²) in [5, 5.41) is 3.21. The molecule has 2 N–H and O–H groups in total. The van der Waals surface area contributed by atoms with Crippen LogP contribution in [0.15, 0.2) is 18.2 Å². The van der Waals surface area contributed by atoms with Gasteiger partial charge in [-0.1, -0.05) is 0 Å². The number of aromatic amines is 1. The van der Waals surface area contributed by atoms with Crippen LogP contribution in [0.1, 0.15) is 22.1 Å². The van der Waals surface area contributed by atoms with Crippen molar-refractivity contribution >= 4 is 17.0 Å². The third kappa shape index (κ3) is 1.68. The summed E-state index contributed by atoms with van der Waals surface area (Å²) in [4.78, 5) is 19.2. The fraction of sp³-hybridized carbons (Fsp3) is 0.333. The molecule has 0 saturated carbocycles. The van der Waals surface area contributed by atoms with Crippen LogP contribution in [0.3, 0.4) is 0 Å². The van der Waals surface area contributed by atoms with Gasteiger partial charge in [-0.3, -0.25) is 0 Å². The van der Waals surface area contributed by atoms with Crippen LogP contribution in [0.25, 0.3) is 11.0 Å². The number of carbonyl (C=O) groups is 1. The standard InChI is InChI=1S/C12H13N3O2/c1-17-12(16)7-2-3-9-10(4-7)15-11(14-9)8-5-13-6-8/h2-4,8,13H,5-6H2,1H3,(H,14,15). The van der Waals surface area contributed by atoms with E-state index in [1.165, 1.54) is 7.11 Å². The number of hydrogen-bond donors (Lipinski definition) is 2. The molecule has 5 heteroatoms. The predicted octanol–water partition coefficient (Wildman–Crippen LogP) is 1.04. The van der Waals surface area contributed by atoms with Crippen LogP contribution in [0.5, 0.6) is 0 Å². The predicted molar refractivity (Wildman–Crippen MR) is 63.0 cm³/mol. The van der Waals surface area contributed by atoms with E-state index < -0.39 is 0 Å². The Balaban J connectivity index is 2.00. The molecule has 2 aromatic rings. The molecule has 1 saturated heterocycles. The van der Waals surface area contributed by atoms with Gasteiger partial charge in [0, 0.05) is 19.0 Å². The Bertz CT molecular complexity index is 572. The zero-order valence-corrected chi connectivity index (χ0v) is 9.49. The van der Waals surface area contributed by atoms with E-state index in [-0.39, 0.29) is 5.97 Å². The lowest BCUT2D eigenvalue weighted by Gasteiger charge is -2.24. The van der Waals surface area contributed by atoms with Gasteiger partial charge in [0.25, 0.3) is 0 Å². The number of rotatable bonds is 2. The number of nitrogens with one attached hydrogen (secondary N) is 2. The highest BCUT2D eigenvalue weighted by Crippen LogP contribution is 2.21. The lowest BCUT2D eigenvalue weighted by molar-refractivity contribution is 0.0601. The van der Waals surface area contributed by atoms with Gasteiger partial charge < -0.3 is 15.0 Å². The van der Waals surface area contributed by atoms with Crippen molar-refractivity contribution in [2.24, 2.45) is 0 Å². The second-order valence-corrected chi connectivity index (χ2v) is 4.20. The van der Waals surface area contributed by atoms with Gasteiger partial charge in [0.1, 0.15) is 5.82 Å². The summed E-state index contributed by atoms with van der Waals surface area (Å²) in [6.45, 7) is 1.92. The van der Waals surface area contributed by atoms with Gasteiger partial charge in [0.15, 0.2) is 0 Å². The van der Waals surface area contributed by atoms with Gasteiger partial charge in [-0.15, -0.1) is 0 Å². The van der Waals surface area contributed by atoms with Crippen LogP contribution in [0, 0.1) is 0 Å². The molecule has 1 fully saturated rings. The van der Waals surface area contributed by atoms with E-state index >= 15 is 0 Å². The number of nitrogens with zero attached hydrogens (tertiary/aromatic N) is 1. The van der Waals surface area contributed by atoms with Crippen molar-refractivity contribution in [2.45, 2.75) is 5.92 Å². The number of esters is 1. The minimum Gasteiger partial charge on any atom is -0.465 e. The average Bonchev–Trinajstić information content (AvgIpc) is 2.67. The molecule has 17 heavy (non-hydrogen) atoms. The highest BCUT2D eigenvalue weighted by Gasteiger charge is 2.22. The van der Waals surface area contributed by atoms with Gasteiger partial charge in [0.05, 0.1) is 23.7 Å². The molecule has 0 aliphatic carbocycles. The number of ether oxygens (including phenoxy) is 1. The average molecular weight is 231 g/mol. The monoisotopic (exact) mass is 231 g/mol. The quantitative estimate of drug-likeness (QED) is 0.758. The summed E-state index contributed by atoms with van der Waals surface area (Å²) in [7, 11) is 1.38. The van der Waals surface area contributed by atoms with Crippen LogP contribution < -0.4 is 5.32 Å². The first-order valence-electron chi connectivity index (χ1n) is 5.56. The van der Waals surface area contributed by atoms with Crippen LogP contribution in [-0.2, 0) is 4.74 Å². The number of H-pyrrole nitrogens is 1. The third-order valence-corrected chi connectivity index (χ3v) is 3.09. The number of carbonyl (C=O) groups excluding carboxylic acids is 1. The molecule has 3 rings (SSSR count). The van der Waals surface area contributed by atoms with Crippen molar-refractivity contribution < 1.29 is 9.53 Å². The van der Waals surface area contributed by atoms with Crippen molar-refractivity contribution in [1.29, 1.82) is 0 Å². The lowest BCUT2D eigenvalue weighted by Crippen LogP contribution is -2.40. The molecule has 0 unspecified atom stereocenters. The highest BCUT2D eigenvalue weighted by atomic mass is 16.5. The Morgan fingerprint density at radius 3 is 2.94 bits per heavy atom. The largest absolute Gasteiger partial charge is 0.465 e. The van der Waals surface area contributed by atoms with Crippen molar-refractivity contribution in [3.63, 3.8) is 0 Å². The maximum atomic E-state index is 11.4.